The van der Waals surface area contributed by atoms with Gasteiger partial charge in [-0.1, -0.05) is 0 Å². The van der Waals surface area contributed by atoms with E-state index in [1.54, 1.807) is 0 Å². The number of aliphatic hydroxyl groups excluding tert-OH is 4. The molecule has 0 aliphatic heterocycles. The molecule has 0 heterocycles. The molecular formula is C10H18O8. The van der Waals surface area contributed by atoms with Crippen LogP contribution in [0.25, 0.3) is 0 Å². The molecule has 8 heteroatoms. The Balaban J connectivity index is 4.83. The number of esters is 2. The van der Waals surface area contributed by atoms with Gasteiger partial charge in [-0.25, -0.2) is 0 Å². The van der Waals surface area contributed by atoms with Crippen molar-refractivity contribution in [3.63, 3.8) is 0 Å². The maximum atomic E-state index is 10.8. The van der Waals surface area contributed by atoms with E-state index in [2.05, 4.69) is 9.47 Å². The molecule has 8 nitrogen and oxygen atoms in total. The van der Waals surface area contributed by atoms with Crippen LogP contribution in [-0.4, -0.2) is 70.0 Å². The second kappa shape index (κ2) is 7.98. The summed E-state index contributed by atoms with van der Waals surface area (Å²) in [5.41, 5.74) is 0. The summed E-state index contributed by atoms with van der Waals surface area (Å²) in [4.78, 5) is 21.6. The van der Waals surface area contributed by atoms with Crippen LogP contribution in [0.5, 0.6) is 0 Å². The van der Waals surface area contributed by atoms with Gasteiger partial charge in [-0.3, -0.25) is 9.59 Å². The van der Waals surface area contributed by atoms with Gasteiger partial charge in [0.25, 0.3) is 0 Å². The summed E-state index contributed by atoms with van der Waals surface area (Å²) in [5.74, 6) is -1.56. The summed E-state index contributed by atoms with van der Waals surface area (Å²) in [7, 11) is 0. The fourth-order valence-electron chi connectivity index (χ4n) is 1.31. The van der Waals surface area contributed by atoms with E-state index >= 15 is 0 Å². The fourth-order valence-corrected chi connectivity index (χ4v) is 1.31. The summed E-state index contributed by atoms with van der Waals surface area (Å²) in [6, 6.07) is 0. The zero-order valence-corrected chi connectivity index (χ0v) is 10.1. The highest BCUT2D eigenvalue weighted by molar-refractivity contribution is 5.67. The second-order valence-corrected chi connectivity index (χ2v) is 3.65. The molecule has 4 N–H and O–H groups in total. The van der Waals surface area contributed by atoms with Crippen molar-refractivity contribution in [2.24, 2.45) is 0 Å². The van der Waals surface area contributed by atoms with Crippen molar-refractivity contribution in [2.75, 3.05) is 13.2 Å². The zero-order chi connectivity index (χ0) is 14.3. The van der Waals surface area contributed by atoms with Crippen LogP contribution in [0.2, 0.25) is 0 Å². The Hall–Kier alpha value is -1.22. The van der Waals surface area contributed by atoms with Crippen LogP contribution in [0, 0.1) is 0 Å². The van der Waals surface area contributed by atoms with E-state index in [1.807, 2.05) is 0 Å². The summed E-state index contributed by atoms with van der Waals surface area (Å²) >= 11 is 0. The van der Waals surface area contributed by atoms with Crippen LogP contribution in [0.3, 0.4) is 0 Å². The lowest BCUT2D eigenvalue weighted by Gasteiger charge is -2.30. The molecule has 0 aromatic rings. The molecule has 0 aliphatic rings. The first-order valence-corrected chi connectivity index (χ1v) is 5.25. The molecule has 4 atom stereocenters. The maximum absolute atomic E-state index is 10.8. The third-order valence-electron chi connectivity index (χ3n) is 2.08. The highest BCUT2D eigenvalue weighted by Crippen LogP contribution is 2.12. The SMILES string of the molecule is CC(=O)O[C@@H]([C@H](O)[C@H](CO)OC(C)=O)[C@H](O)CO. The molecule has 0 amide bonds. The summed E-state index contributed by atoms with van der Waals surface area (Å²) in [6.45, 7) is 0.617. The maximum Gasteiger partial charge on any atom is 0.303 e. The number of aliphatic hydroxyl groups is 4. The minimum atomic E-state index is -1.66. The largest absolute Gasteiger partial charge is 0.457 e. The van der Waals surface area contributed by atoms with Gasteiger partial charge in [0.2, 0.25) is 0 Å². The van der Waals surface area contributed by atoms with Gasteiger partial charge in [0, 0.05) is 13.8 Å². The molecular weight excluding hydrogens is 248 g/mol. The highest BCUT2D eigenvalue weighted by atomic mass is 16.6. The molecule has 0 aliphatic carbocycles. The van der Waals surface area contributed by atoms with Crippen LogP contribution in [0.1, 0.15) is 13.8 Å². The van der Waals surface area contributed by atoms with Crippen LogP contribution >= 0.6 is 0 Å². The fraction of sp³-hybridized carbons (Fsp3) is 0.800. The molecule has 0 bridgehead atoms. The Morgan fingerprint density at radius 1 is 1.00 bits per heavy atom. The number of ether oxygens (including phenoxy) is 2. The predicted molar refractivity (Wildman–Crippen MR) is 57.3 cm³/mol. The van der Waals surface area contributed by atoms with Crippen LogP contribution in [0.15, 0.2) is 0 Å². The number of hydrogen-bond donors (Lipinski definition) is 4. The monoisotopic (exact) mass is 266 g/mol. The second-order valence-electron chi connectivity index (χ2n) is 3.65. The predicted octanol–water partition coefficient (Wildman–Crippen LogP) is -2.44. The van der Waals surface area contributed by atoms with E-state index in [0.29, 0.717) is 0 Å². The van der Waals surface area contributed by atoms with Gasteiger partial charge in [-0.15, -0.1) is 0 Å². The third kappa shape index (κ3) is 5.41. The molecule has 0 aromatic carbocycles. The molecule has 106 valence electrons. The van der Waals surface area contributed by atoms with E-state index < -0.39 is 49.6 Å². The average molecular weight is 266 g/mol. The Kier molecular flexibility index (Phi) is 7.44. The molecule has 0 fully saturated rings. The quantitative estimate of drug-likeness (QED) is 0.373. The van der Waals surface area contributed by atoms with Crippen molar-refractivity contribution >= 4 is 11.9 Å². The normalized spacial score (nSPS) is 17.4. The number of carbonyl (C=O) groups excluding carboxylic acids is 2. The Morgan fingerprint density at radius 2 is 1.50 bits per heavy atom. The zero-order valence-electron chi connectivity index (χ0n) is 10.1. The Labute approximate surface area is 104 Å². The van der Waals surface area contributed by atoms with Gasteiger partial charge in [0.1, 0.15) is 12.2 Å². The van der Waals surface area contributed by atoms with Gasteiger partial charge < -0.3 is 29.9 Å². The lowest BCUT2D eigenvalue weighted by molar-refractivity contribution is -0.184. The minimum Gasteiger partial charge on any atom is -0.457 e. The molecule has 0 rings (SSSR count). The Bertz CT molecular complexity index is 279. The first-order chi connectivity index (χ1) is 8.33. The molecule has 0 spiro atoms. The van der Waals surface area contributed by atoms with Gasteiger partial charge in [-0.05, 0) is 0 Å². The molecule has 0 unspecified atom stereocenters. The third-order valence-corrected chi connectivity index (χ3v) is 2.08. The standard InChI is InChI=1S/C10H18O8/c1-5(13)17-8(4-12)9(16)10(7(15)3-11)18-6(2)14/h7-12,15-16H,3-4H2,1-2H3/t7-,8+,9-,10-/m1/s1. The summed E-state index contributed by atoms with van der Waals surface area (Å²) < 4.78 is 9.22. The van der Waals surface area contributed by atoms with Crippen molar-refractivity contribution < 1.29 is 39.5 Å². The topological polar surface area (TPSA) is 134 Å². The van der Waals surface area contributed by atoms with Crippen molar-refractivity contribution in [1.82, 2.24) is 0 Å². The van der Waals surface area contributed by atoms with Crippen molar-refractivity contribution in [3.8, 4) is 0 Å². The van der Waals surface area contributed by atoms with Crippen LogP contribution in [0.4, 0.5) is 0 Å². The summed E-state index contributed by atoms with van der Waals surface area (Å²) in [6.07, 6.45) is -6.10. The van der Waals surface area contributed by atoms with Crippen LogP contribution in [-0.2, 0) is 19.1 Å². The average Bonchev–Trinajstić information content (AvgIpc) is 2.30. The highest BCUT2D eigenvalue weighted by Gasteiger charge is 2.36. The van der Waals surface area contributed by atoms with E-state index in [9.17, 15) is 19.8 Å². The molecule has 0 saturated heterocycles. The number of carbonyl (C=O) groups is 2. The first-order valence-electron chi connectivity index (χ1n) is 5.25. The van der Waals surface area contributed by atoms with E-state index in [0.717, 1.165) is 13.8 Å². The summed E-state index contributed by atoms with van der Waals surface area (Å²) in [5, 5.41) is 36.9. The first kappa shape index (κ1) is 16.8. The number of hydrogen-bond acceptors (Lipinski definition) is 8. The smallest absolute Gasteiger partial charge is 0.303 e. The molecule has 0 saturated carbocycles. The van der Waals surface area contributed by atoms with Crippen molar-refractivity contribution in [2.45, 2.75) is 38.3 Å². The van der Waals surface area contributed by atoms with Crippen molar-refractivity contribution in [3.05, 3.63) is 0 Å². The van der Waals surface area contributed by atoms with Crippen LogP contribution < -0.4 is 0 Å². The molecule has 0 radical (unpaired) electrons. The van der Waals surface area contributed by atoms with Gasteiger partial charge >= 0.3 is 11.9 Å². The molecule has 18 heavy (non-hydrogen) atoms. The van der Waals surface area contributed by atoms with Crippen molar-refractivity contribution in [1.29, 1.82) is 0 Å². The van der Waals surface area contributed by atoms with Gasteiger partial charge in [-0.2, -0.15) is 0 Å². The Morgan fingerprint density at radius 3 is 1.83 bits per heavy atom. The lowest BCUT2D eigenvalue weighted by Crippen LogP contribution is -2.50. The number of rotatable bonds is 7. The minimum absolute atomic E-state index is 0.726. The lowest BCUT2D eigenvalue weighted by atomic mass is 10.0. The van der Waals surface area contributed by atoms with Gasteiger partial charge in [0.05, 0.1) is 13.2 Å². The van der Waals surface area contributed by atoms with Gasteiger partial charge in [0.15, 0.2) is 12.2 Å². The van der Waals surface area contributed by atoms with E-state index in [4.69, 9.17) is 10.2 Å². The van der Waals surface area contributed by atoms with E-state index in [1.165, 1.54) is 0 Å². The van der Waals surface area contributed by atoms with E-state index in [-0.39, 0.29) is 0 Å². The molecule has 0 aromatic heterocycles.